The van der Waals surface area contributed by atoms with Crippen LogP contribution in [0.5, 0.6) is 0 Å². The predicted molar refractivity (Wildman–Crippen MR) is 44.7 cm³/mol. The van der Waals surface area contributed by atoms with Crippen LogP contribution in [0.25, 0.3) is 0 Å². The lowest BCUT2D eigenvalue weighted by atomic mass is 10.5. The van der Waals surface area contributed by atoms with Gasteiger partial charge in [-0.3, -0.25) is 0 Å². The van der Waals surface area contributed by atoms with Gasteiger partial charge in [0, 0.05) is 7.11 Å². The monoisotopic (exact) mass is 188 g/mol. The summed E-state index contributed by atoms with van der Waals surface area (Å²) in [7, 11) is 1.48. The normalized spacial score (nSPS) is 9.00. The van der Waals surface area contributed by atoms with E-state index in [0.717, 1.165) is 0 Å². The Kier molecular flexibility index (Phi) is 5.29. The number of rotatable bonds is 5. The predicted octanol–water partition coefficient (Wildman–Crippen LogP) is -0.642. The average molecular weight is 188 g/mol. The fourth-order valence-corrected chi connectivity index (χ4v) is 0.505. The Bertz CT molecular complexity index is 215. The molecule has 0 aromatic carbocycles. The molecule has 0 rings (SSSR count). The Morgan fingerprint density at radius 3 is 2.54 bits per heavy atom. The van der Waals surface area contributed by atoms with E-state index in [1.54, 1.807) is 0 Å². The van der Waals surface area contributed by atoms with Crippen molar-refractivity contribution in [3.63, 3.8) is 0 Å². The number of hydrogen-bond donors (Lipinski definition) is 2. The summed E-state index contributed by atoms with van der Waals surface area (Å²) in [5, 5.41) is 2.00. The maximum Gasteiger partial charge on any atom is 0.354 e. The van der Waals surface area contributed by atoms with Gasteiger partial charge in [-0.05, 0) is 0 Å². The molecule has 74 valence electrons. The summed E-state index contributed by atoms with van der Waals surface area (Å²) in [6, 6.07) is -0.853. The third-order valence-corrected chi connectivity index (χ3v) is 1.04. The molecule has 0 bridgehead atoms. The van der Waals surface area contributed by atoms with Gasteiger partial charge in [0.15, 0.2) is 0 Å². The van der Waals surface area contributed by atoms with E-state index in [1.807, 2.05) is 5.32 Å². The summed E-state index contributed by atoms with van der Waals surface area (Å²) in [6.07, 6.45) is 0. The van der Waals surface area contributed by atoms with Crippen LogP contribution in [-0.4, -0.2) is 32.3 Å². The molecule has 6 nitrogen and oxygen atoms in total. The van der Waals surface area contributed by atoms with Crippen molar-refractivity contribution >= 4 is 12.0 Å². The summed E-state index contributed by atoms with van der Waals surface area (Å²) in [4.78, 5) is 21.2. The number of esters is 1. The second kappa shape index (κ2) is 6.01. The molecule has 0 aliphatic carbocycles. The van der Waals surface area contributed by atoms with Crippen molar-refractivity contribution in [1.82, 2.24) is 5.32 Å². The van der Waals surface area contributed by atoms with Gasteiger partial charge in [0.05, 0.1) is 6.61 Å². The van der Waals surface area contributed by atoms with E-state index in [4.69, 9.17) is 5.73 Å². The minimum Gasteiger partial charge on any atom is -0.459 e. The van der Waals surface area contributed by atoms with Crippen LogP contribution in [0, 0.1) is 0 Å². The molecular weight excluding hydrogens is 176 g/mol. The van der Waals surface area contributed by atoms with Gasteiger partial charge < -0.3 is 20.5 Å². The van der Waals surface area contributed by atoms with Crippen LogP contribution >= 0.6 is 0 Å². The van der Waals surface area contributed by atoms with Gasteiger partial charge in [-0.15, -0.1) is 0 Å². The van der Waals surface area contributed by atoms with E-state index in [-0.39, 0.29) is 18.9 Å². The first-order valence-corrected chi connectivity index (χ1v) is 3.49. The van der Waals surface area contributed by atoms with E-state index >= 15 is 0 Å². The smallest absolute Gasteiger partial charge is 0.354 e. The number of urea groups is 1. The number of nitrogens with one attached hydrogen (secondary N) is 1. The quantitative estimate of drug-likeness (QED) is 0.341. The first-order valence-electron chi connectivity index (χ1n) is 3.49. The zero-order valence-electron chi connectivity index (χ0n) is 7.33. The van der Waals surface area contributed by atoms with Crippen molar-refractivity contribution in [3.8, 4) is 0 Å². The third-order valence-electron chi connectivity index (χ3n) is 1.04. The topological polar surface area (TPSA) is 90.7 Å². The highest BCUT2D eigenvalue weighted by molar-refractivity contribution is 5.92. The highest BCUT2D eigenvalue weighted by atomic mass is 16.6. The standard InChI is InChI=1S/C7H12N2O4/c1-5(9-7(8)11)6(10)13-4-3-12-2/h1,3-4H2,2H3,(H3,8,9,11). The summed E-state index contributed by atoms with van der Waals surface area (Å²) in [6.45, 7) is 3.64. The summed E-state index contributed by atoms with van der Waals surface area (Å²) in [5.74, 6) is -0.726. The van der Waals surface area contributed by atoms with Crippen molar-refractivity contribution in [1.29, 1.82) is 0 Å². The largest absolute Gasteiger partial charge is 0.459 e. The maximum atomic E-state index is 10.9. The van der Waals surface area contributed by atoms with Gasteiger partial charge in [-0.25, -0.2) is 9.59 Å². The third kappa shape index (κ3) is 5.68. The number of amides is 2. The Morgan fingerprint density at radius 1 is 1.46 bits per heavy atom. The lowest BCUT2D eigenvalue weighted by Gasteiger charge is -2.05. The maximum absolute atomic E-state index is 10.9. The van der Waals surface area contributed by atoms with E-state index in [2.05, 4.69) is 16.1 Å². The number of methoxy groups -OCH3 is 1. The number of ether oxygens (including phenoxy) is 2. The molecule has 0 aromatic rings. The number of nitrogens with two attached hydrogens (primary N) is 1. The molecule has 13 heavy (non-hydrogen) atoms. The fourth-order valence-electron chi connectivity index (χ4n) is 0.505. The molecule has 0 saturated heterocycles. The van der Waals surface area contributed by atoms with Crippen molar-refractivity contribution in [2.75, 3.05) is 20.3 Å². The van der Waals surface area contributed by atoms with E-state index in [9.17, 15) is 9.59 Å². The van der Waals surface area contributed by atoms with Gasteiger partial charge in [0.1, 0.15) is 12.3 Å². The van der Waals surface area contributed by atoms with Crippen LogP contribution in [0.2, 0.25) is 0 Å². The Labute approximate surface area is 75.7 Å². The van der Waals surface area contributed by atoms with E-state index < -0.39 is 12.0 Å². The second-order valence-electron chi connectivity index (χ2n) is 2.10. The molecular formula is C7H12N2O4. The van der Waals surface area contributed by atoms with Gasteiger partial charge in [0.25, 0.3) is 0 Å². The van der Waals surface area contributed by atoms with Crippen LogP contribution in [0.15, 0.2) is 12.3 Å². The average Bonchev–Trinajstić information content (AvgIpc) is 2.03. The minimum atomic E-state index is -0.853. The molecule has 0 unspecified atom stereocenters. The molecule has 0 heterocycles. The number of carbonyl (C=O) groups excluding carboxylic acids is 2. The number of primary amides is 1. The molecule has 2 amide bonds. The molecule has 0 aliphatic heterocycles. The molecule has 0 aromatic heterocycles. The Morgan fingerprint density at radius 2 is 2.08 bits per heavy atom. The highest BCUT2D eigenvalue weighted by Gasteiger charge is 2.09. The van der Waals surface area contributed by atoms with Crippen LogP contribution in [0.1, 0.15) is 0 Å². The summed E-state index contributed by atoms with van der Waals surface area (Å²) in [5.41, 5.74) is 4.55. The SMILES string of the molecule is C=C(NC(N)=O)C(=O)OCCOC. The van der Waals surface area contributed by atoms with Crippen LogP contribution in [0.3, 0.4) is 0 Å². The molecule has 0 spiro atoms. The van der Waals surface area contributed by atoms with Crippen molar-refractivity contribution in [2.24, 2.45) is 5.73 Å². The zero-order valence-corrected chi connectivity index (χ0v) is 7.33. The molecule has 6 heteroatoms. The molecule has 0 radical (unpaired) electrons. The van der Waals surface area contributed by atoms with Crippen molar-refractivity contribution in [2.45, 2.75) is 0 Å². The molecule has 0 aliphatic rings. The van der Waals surface area contributed by atoms with Crippen molar-refractivity contribution in [3.05, 3.63) is 12.3 Å². The highest BCUT2D eigenvalue weighted by Crippen LogP contribution is 1.89. The van der Waals surface area contributed by atoms with Crippen molar-refractivity contribution < 1.29 is 19.1 Å². The Hall–Kier alpha value is -1.56. The number of hydrogen-bond acceptors (Lipinski definition) is 4. The molecule has 3 N–H and O–H groups in total. The molecule has 0 atom stereocenters. The van der Waals surface area contributed by atoms with Crippen LogP contribution in [-0.2, 0) is 14.3 Å². The number of carbonyl (C=O) groups is 2. The summed E-state index contributed by atoms with van der Waals surface area (Å²) >= 11 is 0. The first-order chi connectivity index (χ1) is 6.07. The summed E-state index contributed by atoms with van der Waals surface area (Å²) < 4.78 is 9.25. The zero-order chi connectivity index (χ0) is 10.3. The molecule has 0 saturated carbocycles. The lowest BCUT2D eigenvalue weighted by molar-refractivity contribution is -0.140. The van der Waals surface area contributed by atoms with Crippen LogP contribution < -0.4 is 11.1 Å². The van der Waals surface area contributed by atoms with Gasteiger partial charge in [-0.1, -0.05) is 6.58 Å². The Balaban J connectivity index is 3.70. The van der Waals surface area contributed by atoms with Crippen LogP contribution in [0.4, 0.5) is 4.79 Å². The first kappa shape index (κ1) is 11.4. The molecule has 0 fully saturated rings. The van der Waals surface area contributed by atoms with Gasteiger partial charge in [-0.2, -0.15) is 0 Å². The van der Waals surface area contributed by atoms with E-state index in [0.29, 0.717) is 0 Å². The minimum absolute atomic E-state index is 0.106. The van der Waals surface area contributed by atoms with E-state index in [1.165, 1.54) is 7.11 Å². The van der Waals surface area contributed by atoms with Gasteiger partial charge >= 0.3 is 12.0 Å². The lowest BCUT2D eigenvalue weighted by Crippen LogP contribution is -2.32. The fraction of sp³-hybridized carbons (Fsp3) is 0.429. The second-order valence-corrected chi connectivity index (χ2v) is 2.10. The van der Waals surface area contributed by atoms with Gasteiger partial charge in [0.2, 0.25) is 0 Å².